The third-order valence-corrected chi connectivity index (χ3v) is 5.47. The van der Waals surface area contributed by atoms with Crippen molar-refractivity contribution in [2.75, 3.05) is 26.2 Å². The molecule has 2 aliphatic heterocycles. The quantitative estimate of drug-likeness (QED) is 0.633. The Balaban J connectivity index is 1.74. The molecule has 10 heteroatoms. The Hall–Kier alpha value is -3.14. The lowest BCUT2D eigenvalue weighted by Gasteiger charge is -2.49. The van der Waals surface area contributed by atoms with E-state index in [1.165, 1.54) is 4.90 Å². The molecule has 0 saturated carbocycles. The summed E-state index contributed by atoms with van der Waals surface area (Å²) >= 11 is 0. The molecule has 0 aliphatic carbocycles. The van der Waals surface area contributed by atoms with Gasteiger partial charge in [-0.2, -0.15) is 5.06 Å². The van der Waals surface area contributed by atoms with E-state index in [9.17, 15) is 19.2 Å². The van der Waals surface area contributed by atoms with E-state index in [2.05, 4.69) is 0 Å². The van der Waals surface area contributed by atoms with Crippen LogP contribution < -0.4 is 5.73 Å². The van der Waals surface area contributed by atoms with E-state index in [1.54, 1.807) is 4.90 Å². The van der Waals surface area contributed by atoms with Crippen molar-refractivity contribution in [3.8, 4) is 0 Å². The van der Waals surface area contributed by atoms with Crippen LogP contribution in [0.25, 0.3) is 0 Å². The fraction of sp³-hybridized carbons (Fsp3) is 0.545. The first-order valence-electron chi connectivity index (χ1n) is 10.8. The van der Waals surface area contributed by atoms with Crippen LogP contribution in [-0.4, -0.2) is 77.2 Å². The standard InChI is InChI=1S/C22H30N4O6/c1-15(2)9-11-31-22(30)26-19-13-24(10-8-16-6-4-3-5-7-16)20(28)14-25(19)21(29)17(32-26)12-18(23)27/h3-7,15,17,19H,8-14H2,1-2H3,(H2,23,27). The number of amides is 4. The highest BCUT2D eigenvalue weighted by molar-refractivity contribution is 5.92. The number of hydroxylamine groups is 2. The Morgan fingerprint density at radius 3 is 2.59 bits per heavy atom. The lowest BCUT2D eigenvalue weighted by atomic mass is 10.1. The van der Waals surface area contributed by atoms with Crippen LogP contribution >= 0.6 is 0 Å². The average molecular weight is 447 g/mol. The van der Waals surface area contributed by atoms with Crippen molar-refractivity contribution in [2.24, 2.45) is 11.7 Å². The highest BCUT2D eigenvalue weighted by Gasteiger charge is 2.49. The molecule has 2 heterocycles. The zero-order valence-corrected chi connectivity index (χ0v) is 18.4. The second-order valence-corrected chi connectivity index (χ2v) is 8.41. The molecule has 0 radical (unpaired) electrons. The monoisotopic (exact) mass is 446 g/mol. The van der Waals surface area contributed by atoms with Gasteiger partial charge in [0, 0.05) is 6.54 Å². The number of benzene rings is 1. The van der Waals surface area contributed by atoms with Crippen molar-refractivity contribution in [1.29, 1.82) is 0 Å². The summed E-state index contributed by atoms with van der Waals surface area (Å²) < 4.78 is 5.33. The van der Waals surface area contributed by atoms with Gasteiger partial charge in [-0.3, -0.25) is 19.2 Å². The number of primary amides is 1. The van der Waals surface area contributed by atoms with E-state index in [0.717, 1.165) is 10.6 Å². The Bertz CT molecular complexity index is 846. The molecule has 2 N–H and O–H groups in total. The molecule has 2 saturated heterocycles. The molecular weight excluding hydrogens is 416 g/mol. The van der Waals surface area contributed by atoms with Crippen molar-refractivity contribution < 1.29 is 28.8 Å². The van der Waals surface area contributed by atoms with E-state index in [0.29, 0.717) is 25.3 Å². The smallest absolute Gasteiger partial charge is 0.436 e. The molecular formula is C22H30N4O6. The number of fused-ring (bicyclic) bond motifs is 1. The highest BCUT2D eigenvalue weighted by Crippen LogP contribution is 2.26. The van der Waals surface area contributed by atoms with Crippen molar-refractivity contribution in [2.45, 2.75) is 45.4 Å². The van der Waals surface area contributed by atoms with Gasteiger partial charge in [-0.05, 0) is 24.3 Å². The van der Waals surface area contributed by atoms with Gasteiger partial charge in [-0.15, -0.1) is 0 Å². The van der Waals surface area contributed by atoms with Gasteiger partial charge in [0.25, 0.3) is 5.91 Å². The topological polar surface area (TPSA) is 122 Å². The number of nitrogens with zero attached hydrogens (tertiary/aromatic N) is 3. The molecule has 0 bridgehead atoms. The zero-order chi connectivity index (χ0) is 23.3. The van der Waals surface area contributed by atoms with Gasteiger partial charge >= 0.3 is 6.09 Å². The highest BCUT2D eigenvalue weighted by atomic mass is 16.7. The van der Waals surface area contributed by atoms with E-state index in [-0.39, 0.29) is 25.6 Å². The van der Waals surface area contributed by atoms with Gasteiger partial charge in [0.05, 0.1) is 19.6 Å². The number of ether oxygens (including phenoxy) is 1. The first-order chi connectivity index (χ1) is 15.3. The van der Waals surface area contributed by atoms with Crippen LogP contribution in [0.3, 0.4) is 0 Å². The number of carbonyl (C=O) groups is 4. The molecule has 2 atom stereocenters. The average Bonchev–Trinajstić information content (AvgIpc) is 2.74. The molecule has 174 valence electrons. The predicted octanol–water partition coefficient (Wildman–Crippen LogP) is 0.900. The maximum absolute atomic E-state index is 12.8. The largest absolute Gasteiger partial charge is 0.448 e. The number of rotatable bonds is 8. The Kier molecular flexibility index (Phi) is 7.68. The predicted molar refractivity (Wildman–Crippen MR) is 114 cm³/mol. The molecule has 2 unspecified atom stereocenters. The van der Waals surface area contributed by atoms with Crippen LogP contribution in [0.4, 0.5) is 4.79 Å². The molecule has 10 nitrogen and oxygen atoms in total. The summed E-state index contributed by atoms with van der Waals surface area (Å²) in [4.78, 5) is 58.2. The number of hydrogen-bond acceptors (Lipinski definition) is 6. The maximum Gasteiger partial charge on any atom is 0.436 e. The molecule has 0 aromatic heterocycles. The summed E-state index contributed by atoms with van der Waals surface area (Å²) in [6.07, 6.45) is -1.98. The van der Waals surface area contributed by atoms with Gasteiger partial charge in [-0.25, -0.2) is 4.79 Å². The molecule has 4 amide bonds. The third-order valence-electron chi connectivity index (χ3n) is 5.47. The Labute approximate surface area is 187 Å². The molecule has 1 aromatic carbocycles. The van der Waals surface area contributed by atoms with E-state index < -0.39 is 36.6 Å². The zero-order valence-electron chi connectivity index (χ0n) is 18.4. The van der Waals surface area contributed by atoms with Crippen LogP contribution in [0.15, 0.2) is 30.3 Å². The van der Waals surface area contributed by atoms with Crippen molar-refractivity contribution >= 4 is 23.8 Å². The van der Waals surface area contributed by atoms with Crippen molar-refractivity contribution in [3.63, 3.8) is 0 Å². The lowest BCUT2D eigenvalue weighted by molar-refractivity contribution is -0.260. The van der Waals surface area contributed by atoms with Gasteiger partial charge in [0.2, 0.25) is 11.8 Å². The first kappa shape index (κ1) is 23.5. The van der Waals surface area contributed by atoms with Crippen LogP contribution in [0.2, 0.25) is 0 Å². The molecule has 1 aromatic rings. The SMILES string of the molecule is CC(C)CCOC(=O)N1OC(CC(N)=O)C(=O)N2CC(=O)N(CCc3ccccc3)CC21. The van der Waals surface area contributed by atoms with Crippen LogP contribution in [-0.2, 0) is 30.4 Å². The summed E-state index contributed by atoms with van der Waals surface area (Å²) in [6.45, 7) is 4.50. The minimum Gasteiger partial charge on any atom is -0.448 e. The second kappa shape index (κ2) is 10.4. The summed E-state index contributed by atoms with van der Waals surface area (Å²) in [5.74, 6) is -1.19. The summed E-state index contributed by atoms with van der Waals surface area (Å²) in [5.41, 5.74) is 6.31. The van der Waals surface area contributed by atoms with Crippen LogP contribution in [0.5, 0.6) is 0 Å². The minimum absolute atomic E-state index is 0.0833. The number of carbonyl (C=O) groups excluding carboxylic acids is 4. The van der Waals surface area contributed by atoms with E-state index in [4.69, 9.17) is 15.3 Å². The Morgan fingerprint density at radius 2 is 1.94 bits per heavy atom. The van der Waals surface area contributed by atoms with E-state index in [1.807, 2.05) is 44.2 Å². The number of hydrogen-bond donors (Lipinski definition) is 1. The number of piperazine rings is 1. The van der Waals surface area contributed by atoms with Crippen molar-refractivity contribution in [1.82, 2.24) is 14.9 Å². The third kappa shape index (κ3) is 5.76. The van der Waals surface area contributed by atoms with Crippen molar-refractivity contribution in [3.05, 3.63) is 35.9 Å². The van der Waals surface area contributed by atoms with Gasteiger partial charge < -0.3 is 20.3 Å². The second-order valence-electron chi connectivity index (χ2n) is 8.41. The lowest BCUT2D eigenvalue weighted by Crippen LogP contribution is -2.70. The van der Waals surface area contributed by atoms with Gasteiger partial charge in [0.1, 0.15) is 6.54 Å². The minimum atomic E-state index is -1.27. The molecule has 32 heavy (non-hydrogen) atoms. The fourth-order valence-electron chi connectivity index (χ4n) is 3.65. The molecule has 3 rings (SSSR count). The summed E-state index contributed by atoms with van der Waals surface area (Å²) in [5, 5.41) is 0.970. The van der Waals surface area contributed by atoms with Gasteiger partial charge in [0.15, 0.2) is 12.3 Å². The number of nitrogens with two attached hydrogens (primary N) is 1. The first-order valence-corrected chi connectivity index (χ1v) is 10.8. The Morgan fingerprint density at radius 1 is 1.22 bits per heavy atom. The molecule has 0 spiro atoms. The summed E-state index contributed by atoms with van der Waals surface area (Å²) in [7, 11) is 0. The fourth-order valence-corrected chi connectivity index (χ4v) is 3.65. The molecule has 2 fully saturated rings. The van der Waals surface area contributed by atoms with Crippen LogP contribution in [0, 0.1) is 5.92 Å². The normalized spacial score (nSPS) is 21.0. The maximum atomic E-state index is 12.8. The summed E-state index contributed by atoms with van der Waals surface area (Å²) in [6, 6.07) is 9.72. The molecule has 2 aliphatic rings. The van der Waals surface area contributed by atoms with Crippen LogP contribution in [0.1, 0.15) is 32.3 Å². The van der Waals surface area contributed by atoms with E-state index >= 15 is 0 Å². The van der Waals surface area contributed by atoms with Gasteiger partial charge in [-0.1, -0.05) is 44.2 Å².